The molecule has 0 saturated carbocycles. The van der Waals surface area contributed by atoms with Crippen molar-refractivity contribution in [2.45, 2.75) is 18.7 Å². The lowest BCUT2D eigenvalue weighted by Gasteiger charge is -2.15. The Balaban J connectivity index is 2.35. The molecule has 1 atom stereocenters. The Morgan fingerprint density at radius 1 is 1.28 bits per heavy atom. The summed E-state index contributed by atoms with van der Waals surface area (Å²) in [6.45, 7) is 0.389. The average Bonchev–Trinajstić information content (AvgIpc) is 2.80. The standard InChI is InChI=1S/C12H10F4O2/c13-9-4-3-7(6-8(9)12(14,15)16)11(17)10-2-1-5-18-10/h2-4,6,11,17H,1,5H2. The van der Waals surface area contributed by atoms with Crippen molar-refractivity contribution >= 4 is 0 Å². The molecular formula is C12H10F4O2. The van der Waals surface area contributed by atoms with E-state index in [2.05, 4.69) is 0 Å². The fourth-order valence-corrected chi connectivity index (χ4v) is 1.72. The van der Waals surface area contributed by atoms with Crippen LogP contribution in [0.1, 0.15) is 23.7 Å². The molecule has 1 aromatic carbocycles. The summed E-state index contributed by atoms with van der Waals surface area (Å²) in [4.78, 5) is 0. The first-order valence-electron chi connectivity index (χ1n) is 5.27. The molecule has 1 N–H and O–H groups in total. The lowest BCUT2D eigenvalue weighted by molar-refractivity contribution is -0.140. The zero-order valence-corrected chi connectivity index (χ0v) is 9.17. The van der Waals surface area contributed by atoms with E-state index in [1.165, 1.54) is 0 Å². The molecule has 0 fully saturated rings. The number of aliphatic hydroxyl groups is 1. The summed E-state index contributed by atoms with van der Waals surface area (Å²) in [7, 11) is 0. The van der Waals surface area contributed by atoms with Crippen molar-refractivity contribution in [1.29, 1.82) is 0 Å². The second-order valence-electron chi connectivity index (χ2n) is 3.88. The number of hydrogen-bond donors (Lipinski definition) is 1. The topological polar surface area (TPSA) is 29.5 Å². The van der Waals surface area contributed by atoms with Crippen molar-refractivity contribution in [3.63, 3.8) is 0 Å². The van der Waals surface area contributed by atoms with Crippen LogP contribution < -0.4 is 0 Å². The minimum atomic E-state index is -4.79. The summed E-state index contributed by atoms with van der Waals surface area (Å²) < 4.78 is 55.6. The molecule has 98 valence electrons. The van der Waals surface area contributed by atoms with Gasteiger partial charge in [0.1, 0.15) is 17.7 Å². The van der Waals surface area contributed by atoms with E-state index < -0.39 is 23.7 Å². The summed E-state index contributed by atoms with van der Waals surface area (Å²) in [5, 5.41) is 9.82. The molecule has 6 heteroatoms. The fourth-order valence-electron chi connectivity index (χ4n) is 1.72. The molecule has 0 amide bonds. The smallest absolute Gasteiger partial charge is 0.419 e. The maximum Gasteiger partial charge on any atom is 0.419 e. The number of benzene rings is 1. The Morgan fingerprint density at radius 3 is 2.56 bits per heavy atom. The van der Waals surface area contributed by atoms with E-state index >= 15 is 0 Å². The Labute approximate surface area is 100 Å². The highest BCUT2D eigenvalue weighted by Gasteiger charge is 2.35. The Morgan fingerprint density at radius 2 is 2.00 bits per heavy atom. The van der Waals surface area contributed by atoms with E-state index in [9.17, 15) is 22.7 Å². The van der Waals surface area contributed by atoms with E-state index in [0.29, 0.717) is 25.2 Å². The minimum absolute atomic E-state index is 0.0446. The van der Waals surface area contributed by atoms with Gasteiger partial charge in [-0.2, -0.15) is 13.2 Å². The van der Waals surface area contributed by atoms with Gasteiger partial charge in [0.05, 0.1) is 12.2 Å². The molecule has 0 aliphatic carbocycles. The molecule has 2 nitrogen and oxygen atoms in total. The third-order valence-corrected chi connectivity index (χ3v) is 2.61. The molecule has 0 spiro atoms. The van der Waals surface area contributed by atoms with Gasteiger partial charge < -0.3 is 9.84 Å². The second kappa shape index (κ2) is 4.61. The number of ether oxygens (including phenoxy) is 1. The maximum atomic E-state index is 13.1. The van der Waals surface area contributed by atoms with Crippen LogP contribution in [0.4, 0.5) is 17.6 Å². The van der Waals surface area contributed by atoms with Crippen LogP contribution in [0.25, 0.3) is 0 Å². The van der Waals surface area contributed by atoms with E-state index in [4.69, 9.17) is 4.74 Å². The Hall–Kier alpha value is -1.56. The van der Waals surface area contributed by atoms with Crippen LogP contribution in [0.2, 0.25) is 0 Å². The van der Waals surface area contributed by atoms with Gasteiger partial charge in [-0.1, -0.05) is 6.07 Å². The van der Waals surface area contributed by atoms with Gasteiger partial charge in [0.15, 0.2) is 0 Å². The highest BCUT2D eigenvalue weighted by atomic mass is 19.4. The zero-order valence-electron chi connectivity index (χ0n) is 9.17. The summed E-state index contributed by atoms with van der Waals surface area (Å²) >= 11 is 0. The van der Waals surface area contributed by atoms with Gasteiger partial charge in [-0.25, -0.2) is 4.39 Å². The van der Waals surface area contributed by atoms with Crippen molar-refractivity contribution < 1.29 is 27.4 Å². The van der Waals surface area contributed by atoms with Crippen molar-refractivity contribution in [2.75, 3.05) is 6.61 Å². The van der Waals surface area contributed by atoms with Gasteiger partial charge >= 0.3 is 6.18 Å². The molecule has 0 aromatic heterocycles. The Bertz CT molecular complexity index is 479. The fraction of sp³-hybridized carbons (Fsp3) is 0.333. The molecule has 1 unspecified atom stereocenters. The first-order chi connectivity index (χ1) is 8.39. The summed E-state index contributed by atoms with van der Waals surface area (Å²) in [5.41, 5.74) is -1.44. The molecule has 1 aliphatic rings. The third-order valence-electron chi connectivity index (χ3n) is 2.61. The highest BCUT2D eigenvalue weighted by molar-refractivity contribution is 5.32. The highest BCUT2D eigenvalue weighted by Crippen LogP contribution is 2.34. The van der Waals surface area contributed by atoms with Crippen LogP contribution in [0.3, 0.4) is 0 Å². The Kier molecular flexibility index (Phi) is 3.30. The first kappa shape index (κ1) is 12.9. The third kappa shape index (κ3) is 2.48. The lowest BCUT2D eigenvalue weighted by Crippen LogP contribution is -2.11. The van der Waals surface area contributed by atoms with Crippen LogP contribution >= 0.6 is 0 Å². The van der Waals surface area contributed by atoms with E-state index in [-0.39, 0.29) is 11.3 Å². The summed E-state index contributed by atoms with van der Waals surface area (Å²) in [6.07, 6.45) is -3.89. The SMILES string of the molecule is OC(C1=CCCO1)c1ccc(F)c(C(F)(F)F)c1. The van der Waals surface area contributed by atoms with E-state index in [1.54, 1.807) is 6.08 Å². The van der Waals surface area contributed by atoms with Gasteiger partial charge in [-0.05, 0) is 23.8 Å². The van der Waals surface area contributed by atoms with Gasteiger partial charge in [-0.3, -0.25) is 0 Å². The molecule has 1 aliphatic heterocycles. The van der Waals surface area contributed by atoms with Crippen LogP contribution in [-0.4, -0.2) is 11.7 Å². The second-order valence-corrected chi connectivity index (χ2v) is 3.88. The number of aliphatic hydroxyl groups excluding tert-OH is 1. The van der Waals surface area contributed by atoms with Crippen LogP contribution in [0, 0.1) is 5.82 Å². The number of hydrogen-bond acceptors (Lipinski definition) is 2. The van der Waals surface area contributed by atoms with Crippen LogP contribution in [0.15, 0.2) is 30.0 Å². The van der Waals surface area contributed by atoms with Gasteiger partial charge in [-0.15, -0.1) is 0 Å². The molecule has 0 bridgehead atoms. The van der Waals surface area contributed by atoms with Crippen molar-refractivity contribution in [2.24, 2.45) is 0 Å². The molecule has 0 saturated heterocycles. The quantitative estimate of drug-likeness (QED) is 0.829. The number of halogens is 4. The number of rotatable bonds is 2. The summed E-state index contributed by atoms with van der Waals surface area (Å²) in [5.74, 6) is -1.16. The largest absolute Gasteiger partial charge is 0.495 e. The average molecular weight is 262 g/mol. The molecular weight excluding hydrogens is 252 g/mol. The lowest BCUT2D eigenvalue weighted by atomic mass is 10.0. The van der Waals surface area contributed by atoms with Crippen molar-refractivity contribution in [3.05, 3.63) is 47.0 Å². The molecule has 0 radical (unpaired) electrons. The van der Waals surface area contributed by atoms with Crippen LogP contribution in [-0.2, 0) is 10.9 Å². The minimum Gasteiger partial charge on any atom is -0.495 e. The summed E-state index contributed by atoms with van der Waals surface area (Å²) in [6, 6.07) is 2.40. The first-order valence-corrected chi connectivity index (χ1v) is 5.27. The van der Waals surface area contributed by atoms with E-state index in [0.717, 1.165) is 6.07 Å². The normalized spacial score (nSPS) is 17.3. The van der Waals surface area contributed by atoms with Crippen molar-refractivity contribution in [3.8, 4) is 0 Å². The van der Waals surface area contributed by atoms with Gasteiger partial charge in [0, 0.05) is 6.42 Å². The molecule has 2 rings (SSSR count). The molecule has 1 aromatic rings. The van der Waals surface area contributed by atoms with E-state index in [1.807, 2.05) is 0 Å². The predicted molar refractivity (Wildman–Crippen MR) is 55.0 cm³/mol. The van der Waals surface area contributed by atoms with Crippen molar-refractivity contribution in [1.82, 2.24) is 0 Å². The molecule has 1 heterocycles. The van der Waals surface area contributed by atoms with Gasteiger partial charge in [0.25, 0.3) is 0 Å². The predicted octanol–water partition coefficient (Wildman–Crippen LogP) is 3.18. The zero-order chi connectivity index (χ0) is 13.3. The van der Waals surface area contributed by atoms with Crippen LogP contribution in [0.5, 0.6) is 0 Å². The monoisotopic (exact) mass is 262 g/mol. The maximum absolute atomic E-state index is 13.1. The van der Waals surface area contributed by atoms with Gasteiger partial charge in [0.2, 0.25) is 0 Å². The molecule has 18 heavy (non-hydrogen) atoms. The number of alkyl halides is 3.